The third kappa shape index (κ3) is 4.04. The first-order chi connectivity index (χ1) is 9.19. The summed E-state index contributed by atoms with van der Waals surface area (Å²) in [6, 6.07) is 6.62. The van der Waals surface area contributed by atoms with Gasteiger partial charge in [-0.3, -0.25) is 0 Å². The predicted molar refractivity (Wildman–Crippen MR) is 73.9 cm³/mol. The maximum atomic E-state index is 13.2. The monoisotopic (exact) mass is 260 g/mol. The highest BCUT2D eigenvalue weighted by molar-refractivity contribution is 5.34. The molecule has 0 saturated heterocycles. The van der Waals surface area contributed by atoms with Crippen LogP contribution in [-0.4, -0.2) is 6.54 Å². The molecule has 1 aliphatic rings. The molecule has 0 aliphatic heterocycles. The summed E-state index contributed by atoms with van der Waals surface area (Å²) in [4.78, 5) is 0. The van der Waals surface area contributed by atoms with Gasteiger partial charge in [-0.25, -0.2) is 4.39 Å². The van der Waals surface area contributed by atoms with Crippen molar-refractivity contribution >= 4 is 0 Å². The van der Waals surface area contributed by atoms with Crippen LogP contribution in [0, 0.1) is 29.0 Å². The van der Waals surface area contributed by atoms with Crippen LogP contribution in [0.25, 0.3) is 0 Å². The number of halogens is 1. The average Bonchev–Trinajstić information content (AvgIpc) is 2.43. The van der Waals surface area contributed by atoms with E-state index in [1.165, 1.54) is 31.7 Å². The molecule has 2 rings (SSSR count). The summed E-state index contributed by atoms with van der Waals surface area (Å²) < 4.78 is 13.2. The molecule has 1 aromatic rings. The van der Waals surface area contributed by atoms with Crippen molar-refractivity contribution in [3.8, 4) is 6.07 Å². The highest BCUT2D eigenvalue weighted by Gasteiger charge is 2.17. The number of nitrogens with one attached hydrogen (secondary N) is 1. The van der Waals surface area contributed by atoms with Crippen molar-refractivity contribution in [2.75, 3.05) is 6.54 Å². The molecule has 1 saturated carbocycles. The summed E-state index contributed by atoms with van der Waals surface area (Å²) in [5.74, 6) is 1.21. The van der Waals surface area contributed by atoms with E-state index in [-0.39, 0.29) is 5.56 Å². The molecular weight excluding hydrogens is 239 g/mol. The van der Waals surface area contributed by atoms with Crippen molar-refractivity contribution < 1.29 is 4.39 Å². The van der Waals surface area contributed by atoms with Crippen LogP contribution in [0.1, 0.15) is 43.7 Å². The molecule has 0 spiro atoms. The standard InChI is InChI=1S/C16H21FN2/c1-12-2-4-13(5-3-12)10-19-11-14-6-7-16(17)15(8-14)9-18/h6-8,12-13,19H,2-5,10-11H2,1H3. The van der Waals surface area contributed by atoms with E-state index in [0.717, 1.165) is 23.9 Å². The van der Waals surface area contributed by atoms with Gasteiger partial charge < -0.3 is 5.32 Å². The first-order valence-electron chi connectivity index (χ1n) is 7.08. The third-order valence-electron chi connectivity index (χ3n) is 4.05. The van der Waals surface area contributed by atoms with E-state index in [1.807, 2.05) is 6.07 Å². The molecular formula is C16H21FN2. The molecule has 0 unspecified atom stereocenters. The quantitative estimate of drug-likeness (QED) is 0.897. The molecule has 2 nitrogen and oxygen atoms in total. The fourth-order valence-corrected chi connectivity index (χ4v) is 2.72. The van der Waals surface area contributed by atoms with Crippen LogP contribution < -0.4 is 5.32 Å². The first kappa shape index (κ1) is 14.0. The number of benzene rings is 1. The highest BCUT2D eigenvalue weighted by atomic mass is 19.1. The van der Waals surface area contributed by atoms with E-state index in [2.05, 4.69) is 12.2 Å². The van der Waals surface area contributed by atoms with Crippen molar-refractivity contribution in [2.45, 2.75) is 39.2 Å². The molecule has 19 heavy (non-hydrogen) atoms. The van der Waals surface area contributed by atoms with Crippen molar-refractivity contribution in [1.29, 1.82) is 5.26 Å². The normalized spacial score (nSPS) is 23.0. The van der Waals surface area contributed by atoms with Gasteiger partial charge in [0.1, 0.15) is 11.9 Å². The van der Waals surface area contributed by atoms with E-state index in [4.69, 9.17) is 5.26 Å². The Labute approximate surface area is 114 Å². The SMILES string of the molecule is CC1CCC(CNCc2ccc(F)c(C#N)c2)CC1. The second-order valence-electron chi connectivity index (χ2n) is 5.68. The molecule has 1 aliphatic carbocycles. The molecule has 1 fully saturated rings. The number of hydrogen-bond acceptors (Lipinski definition) is 2. The Morgan fingerprint density at radius 2 is 2.05 bits per heavy atom. The van der Waals surface area contributed by atoms with Gasteiger partial charge in [0, 0.05) is 6.54 Å². The van der Waals surface area contributed by atoms with Crippen LogP contribution >= 0.6 is 0 Å². The minimum absolute atomic E-state index is 0.130. The van der Waals surface area contributed by atoms with E-state index >= 15 is 0 Å². The van der Waals surface area contributed by atoms with Crippen LogP contribution in [0.3, 0.4) is 0 Å². The fourth-order valence-electron chi connectivity index (χ4n) is 2.72. The maximum absolute atomic E-state index is 13.2. The Morgan fingerprint density at radius 1 is 1.32 bits per heavy atom. The summed E-state index contributed by atoms with van der Waals surface area (Å²) in [6.07, 6.45) is 5.28. The molecule has 1 N–H and O–H groups in total. The van der Waals surface area contributed by atoms with Gasteiger partial charge in [0.2, 0.25) is 0 Å². The van der Waals surface area contributed by atoms with Crippen LogP contribution in [0.15, 0.2) is 18.2 Å². The van der Waals surface area contributed by atoms with Crippen LogP contribution in [0.2, 0.25) is 0 Å². The molecule has 0 radical (unpaired) electrons. The zero-order valence-electron chi connectivity index (χ0n) is 11.5. The molecule has 0 aromatic heterocycles. The minimum atomic E-state index is -0.437. The Hall–Kier alpha value is -1.40. The zero-order chi connectivity index (χ0) is 13.7. The van der Waals surface area contributed by atoms with Crippen LogP contribution in [0.5, 0.6) is 0 Å². The number of nitrogens with zero attached hydrogens (tertiary/aromatic N) is 1. The number of hydrogen-bond donors (Lipinski definition) is 1. The largest absolute Gasteiger partial charge is 0.312 e. The molecule has 1 aromatic carbocycles. The first-order valence-corrected chi connectivity index (χ1v) is 7.08. The van der Waals surface area contributed by atoms with Crippen molar-refractivity contribution in [2.24, 2.45) is 11.8 Å². The van der Waals surface area contributed by atoms with Crippen LogP contribution in [0.4, 0.5) is 4.39 Å². The lowest BCUT2D eigenvalue weighted by Crippen LogP contribution is -2.25. The third-order valence-corrected chi connectivity index (χ3v) is 4.05. The Kier molecular flexibility index (Phi) is 4.93. The van der Waals surface area contributed by atoms with E-state index in [9.17, 15) is 4.39 Å². The van der Waals surface area contributed by atoms with Crippen LogP contribution in [-0.2, 0) is 6.54 Å². The fraction of sp³-hybridized carbons (Fsp3) is 0.562. The smallest absolute Gasteiger partial charge is 0.140 e. The Balaban J connectivity index is 1.78. The second kappa shape index (κ2) is 6.68. The second-order valence-corrected chi connectivity index (χ2v) is 5.68. The lowest BCUT2D eigenvalue weighted by atomic mass is 9.83. The lowest BCUT2D eigenvalue weighted by Gasteiger charge is -2.26. The van der Waals surface area contributed by atoms with E-state index < -0.39 is 5.82 Å². The van der Waals surface area contributed by atoms with Gasteiger partial charge in [0.05, 0.1) is 5.56 Å². The van der Waals surface area contributed by atoms with E-state index in [0.29, 0.717) is 6.54 Å². The van der Waals surface area contributed by atoms with Gasteiger partial charge in [0.25, 0.3) is 0 Å². The zero-order valence-corrected chi connectivity index (χ0v) is 11.5. The molecule has 0 bridgehead atoms. The average molecular weight is 260 g/mol. The van der Waals surface area contributed by atoms with Gasteiger partial charge in [-0.05, 0) is 48.9 Å². The van der Waals surface area contributed by atoms with Gasteiger partial charge in [-0.15, -0.1) is 0 Å². The Bertz CT molecular complexity index is 456. The summed E-state index contributed by atoms with van der Waals surface area (Å²) >= 11 is 0. The van der Waals surface area contributed by atoms with E-state index in [1.54, 1.807) is 12.1 Å². The van der Waals surface area contributed by atoms with Gasteiger partial charge in [-0.1, -0.05) is 25.8 Å². The highest BCUT2D eigenvalue weighted by Crippen LogP contribution is 2.27. The van der Waals surface area contributed by atoms with Gasteiger partial charge in [-0.2, -0.15) is 5.26 Å². The van der Waals surface area contributed by atoms with Gasteiger partial charge >= 0.3 is 0 Å². The summed E-state index contributed by atoms with van der Waals surface area (Å²) in [5, 5.41) is 12.2. The topological polar surface area (TPSA) is 35.8 Å². The van der Waals surface area contributed by atoms with Crippen molar-refractivity contribution in [3.63, 3.8) is 0 Å². The molecule has 0 atom stereocenters. The number of rotatable bonds is 4. The maximum Gasteiger partial charge on any atom is 0.140 e. The predicted octanol–water partition coefficient (Wildman–Crippen LogP) is 3.61. The van der Waals surface area contributed by atoms with Gasteiger partial charge in [0.15, 0.2) is 0 Å². The Morgan fingerprint density at radius 3 is 2.74 bits per heavy atom. The summed E-state index contributed by atoms with van der Waals surface area (Å²) in [5.41, 5.74) is 1.10. The summed E-state index contributed by atoms with van der Waals surface area (Å²) in [7, 11) is 0. The van der Waals surface area contributed by atoms with Crippen molar-refractivity contribution in [3.05, 3.63) is 35.1 Å². The molecule has 0 heterocycles. The number of nitriles is 1. The molecule has 102 valence electrons. The minimum Gasteiger partial charge on any atom is -0.312 e. The lowest BCUT2D eigenvalue weighted by molar-refractivity contribution is 0.281. The van der Waals surface area contributed by atoms with Crippen molar-refractivity contribution in [1.82, 2.24) is 5.32 Å². The molecule has 3 heteroatoms. The molecule has 0 amide bonds. The summed E-state index contributed by atoms with van der Waals surface area (Å²) in [6.45, 7) is 4.05.